The van der Waals surface area contributed by atoms with Gasteiger partial charge < -0.3 is 4.74 Å². The second kappa shape index (κ2) is 12.1. The Hall–Kier alpha value is -2.28. The van der Waals surface area contributed by atoms with E-state index in [0.717, 1.165) is 5.75 Å². The number of benzene rings is 2. The third kappa shape index (κ3) is 7.31. The molecule has 0 fully saturated rings. The van der Waals surface area contributed by atoms with Crippen LogP contribution in [0.4, 0.5) is 0 Å². The average Bonchev–Trinajstić information content (AvgIpc) is 2.69. The van der Waals surface area contributed by atoms with E-state index < -0.39 is 0 Å². The van der Waals surface area contributed by atoms with Gasteiger partial charge in [0, 0.05) is 0 Å². The molecule has 0 amide bonds. The summed E-state index contributed by atoms with van der Waals surface area (Å²) in [7, 11) is 0. The van der Waals surface area contributed by atoms with Crippen LogP contribution in [0.25, 0.3) is 11.1 Å². The van der Waals surface area contributed by atoms with E-state index in [2.05, 4.69) is 43.3 Å². The fourth-order valence-electron chi connectivity index (χ4n) is 2.93. The molecule has 0 unspecified atom stereocenters. The predicted molar refractivity (Wildman–Crippen MR) is 114 cm³/mol. The smallest absolute Gasteiger partial charge is 0.119 e. The number of ether oxygens (including phenoxy) is 1. The third-order valence-corrected chi connectivity index (χ3v) is 4.50. The van der Waals surface area contributed by atoms with Gasteiger partial charge in [-0.2, -0.15) is 0 Å². The molecule has 0 aromatic heterocycles. The van der Waals surface area contributed by atoms with Gasteiger partial charge in [-0.1, -0.05) is 87.2 Å². The summed E-state index contributed by atoms with van der Waals surface area (Å²) in [4.78, 5) is 0. The first kappa shape index (κ1) is 20.0. The Kier molecular flexibility index (Phi) is 9.35. The molecule has 2 rings (SSSR count). The molecular formula is C25H32O. The van der Waals surface area contributed by atoms with Gasteiger partial charge in [0.25, 0.3) is 0 Å². The molecule has 138 valence electrons. The SMILES string of the molecule is C/C=C/C=C/COc1ccc(-c2ccc(CCCCCCC)cc2)cc1. The molecule has 0 atom stereocenters. The van der Waals surface area contributed by atoms with Gasteiger partial charge in [-0.05, 0) is 54.7 Å². The van der Waals surface area contributed by atoms with Crippen LogP contribution in [0.3, 0.4) is 0 Å². The van der Waals surface area contributed by atoms with Gasteiger partial charge in [-0.25, -0.2) is 0 Å². The molecule has 0 radical (unpaired) electrons. The Morgan fingerprint density at radius 2 is 1.42 bits per heavy atom. The lowest BCUT2D eigenvalue weighted by Gasteiger charge is -2.07. The number of allylic oxidation sites excluding steroid dienone is 3. The van der Waals surface area contributed by atoms with Crippen molar-refractivity contribution in [3.05, 3.63) is 78.4 Å². The van der Waals surface area contributed by atoms with Crippen molar-refractivity contribution in [1.82, 2.24) is 0 Å². The molecule has 0 aliphatic heterocycles. The van der Waals surface area contributed by atoms with Crippen LogP contribution < -0.4 is 4.74 Å². The van der Waals surface area contributed by atoms with E-state index in [1.165, 1.54) is 55.2 Å². The van der Waals surface area contributed by atoms with Crippen molar-refractivity contribution in [2.24, 2.45) is 0 Å². The monoisotopic (exact) mass is 348 g/mol. The van der Waals surface area contributed by atoms with Crippen LogP contribution in [0, 0.1) is 0 Å². The average molecular weight is 349 g/mol. The minimum Gasteiger partial charge on any atom is -0.490 e. The van der Waals surface area contributed by atoms with E-state index in [-0.39, 0.29) is 0 Å². The molecule has 2 aromatic rings. The first-order chi connectivity index (χ1) is 12.8. The Labute approximate surface area is 159 Å². The van der Waals surface area contributed by atoms with Crippen LogP contribution in [0.15, 0.2) is 72.8 Å². The van der Waals surface area contributed by atoms with Gasteiger partial charge in [-0.3, -0.25) is 0 Å². The molecule has 0 saturated heterocycles. The first-order valence-corrected chi connectivity index (χ1v) is 9.93. The van der Waals surface area contributed by atoms with Crippen molar-refractivity contribution in [2.75, 3.05) is 6.61 Å². The van der Waals surface area contributed by atoms with E-state index >= 15 is 0 Å². The molecule has 1 heteroatoms. The van der Waals surface area contributed by atoms with Crippen molar-refractivity contribution in [2.45, 2.75) is 52.4 Å². The molecule has 2 aromatic carbocycles. The summed E-state index contributed by atoms with van der Waals surface area (Å²) >= 11 is 0. The van der Waals surface area contributed by atoms with Gasteiger partial charge in [0.05, 0.1) is 0 Å². The van der Waals surface area contributed by atoms with Crippen LogP contribution in [0.5, 0.6) is 5.75 Å². The molecule has 26 heavy (non-hydrogen) atoms. The van der Waals surface area contributed by atoms with Crippen molar-refractivity contribution < 1.29 is 4.74 Å². The van der Waals surface area contributed by atoms with E-state index in [9.17, 15) is 0 Å². The lowest BCUT2D eigenvalue weighted by Crippen LogP contribution is -1.92. The Balaban J connectivity index is 1.82. The maximum atomic E-state index is 5.71. The maximum absolute atomic E-state index is 5.71. The van der Waals surface area contributed by atoms with Crippen molar-refractivity contribution in [3.63, 3.8) is 0 Å². The minimum atomic E-state index is 0.594. The third-order valence-electron chi connectivity index (χ3n) is 4.50. The van der Waals surface area contributed by atoms with Gasteiger partial charge in [0.1, 0.15) is 12.4 Å². The van der Waals surface area contributed by atoms with Crippen molar-refractivity contribution in [3.8, 4) is 16.9 Å². The molecular weight excluding hydrogens is 316 g/mol. The number of aryl methyl sites for hydroxylation is 1. The molecule has 0 aliphatic rings. The van der Waals surface area contributed by atoms with Crippen LogP contribution >= 0.6 is 0 Å². The van der Waals surface area contributed by atoms with Crippen molar-refractivity contribution in [1.29, 1.82) is 0 Å². The summed E-state index contributed by atoms with van der Waals surface area (Å²) in [6, 6.07) is 17.3. The van der Waals surface area contributed by atoms with Gasteiger partial charge in [0.15, 0.2) is 0 Å². The summed E-state index contributed by atoms with van der Waals surface area (Å²) < 4.78 is 5.71. The molecule has 0 bridgehead atoms. The Bertz CT molecular complexity index is 662. The zero-order chi connectivity index (χ0) is 18.5. The lowest BCUT2D eigenvalue weighted by atomic mass is 10.0. The summed E-state index contributed by atoms with van der Waals surface area (Å²) in [5.41, 5.74) is 3.94. The predicted octanol–water partition coefficient (Wildman–Crippen LogP) is 7.38. The Morgan fingerprint density at radius 3 is 2.08 bits per heavy atom. The number of rotatable bonds is 11. The lowest BCUT2D eigenvalue weighted by molar-refractivity contribution is 0.363. The zero-order valence-corrected chi connectivity index (χ0v) is 16.3. The highest BCUT2D eigenvalue weighted by molar-refractivity contribution is 5.64. The highest BCUT2D eigenvalue weighted by Crippen LogP contribution is 2.23. The van der Waals surface area contributed by atoms with E-state index in [4.69, 9.17) is 4.74 Å². The molecule has 0 aliphatic carbocycles. The first-order valence-electron chi connectivity index (χ1n) is 9.93. The molecule has 0 N–H and O–H groups in total. The van der Waals surface area contributed by atoms with E-state index in [0.29, 0.717) is 6.61 Å². The fraction of sp³-hybridized carbons (Fsp3) is 0.360. The normalized spacial score (nSPS) is 11.5. The van der Waals surface area contributed by atoms with Gasteiger partial charge >= 0.3 is 0 Å². The highest BCUT2D eigenvalue weighted by Gasteiger charge is 2.00. The Morgan fingerprint density at radius 1 is 0.769 bits per heavy atom. The summed E-state index contributed by atoms with van der Waals surface area (Å²) in [5.74, 6) is 0.905. The second-order valence-electron chi connectivity index (χ2n) is 6.65. The highest BCUT2D eigenvalue weighted by atomic mass is 16.5. The largest absolute Gasteiger partial charge is 0.490 e. The number of unbranched alkanes of at least 4 members (excludes halogenated alkanes) is 4. The van der Waals surface area contributed by atoms with Gasteiger partial charge in [0.2, 0.25) is 0 Å². The number of hydrogen-bond acceptors (Lipinski definition) is 1. The van der Waals surface area contributed by atoms with Crippen LogP contribution in [-0.2, 0) is 6.42 Å². The standard InChI is InChI=1S/C25H32O/c1-3-5-7-9-10-12-22-13-15-23(16-14-22)24-17-19-25(20-18-24)26-21-11-8-6-4-2/h4,6,8,11,13-20H,3,5,7,9-10,12,21H2,1-2H3/b6-4+,11-8+. The molecule has 0 heterocycles. The van der Waals surface area contributed by atoms with Crippen molar-refractivity contribution >= 4 is 0 Å². The zero-order valence-electron chi connectivity index (χ0n) is 16.3. The summed E-state index contributed by atoms with van der Waals surface area (Å²) in [6.07, 6.45) is 15.9. The summed E-state index contributed by atoms with van der Waals surface area (Å²) in [6.45, 7) is 4.86. The fourth-order valence-corrected chi connectivity index (χ4v) is 2.93. The van der Waals surface area contributed by atoms with Gasteiger partial charge in [-0.15, -0.1) is 0 Å². The minimum absolute atomic E-state index is 0.594. The number of hydrogen-bond donors (Lipinski definition) is 0. The maximum Gasteiger partial charge on any atom is 0.119 e. The van der Waals surface area contributed by atoms with Crippen LogP contribution in [0.1, 0.15) is 51.5 Å². The van der Waals surface area contributed by atoms with Crippen LogP contribution in [0.2, 0.25) is 0 Å². The van der Waals surface area contributed by atoms with E-state index in [1.54, 1.807) is 0 Å². The van der Waals surface area contributed by atoms with Crippen LogP contribution in [-0.4, -0.2) is 6.61 Å². The summed E-state index contributed by atoms with van der Waals surface area (Å²) in [5, 5.41) is 0. The molecule has 1 nitrogen and oxygen atoms in total. The molecule has 0 spiro atoms. The quantitative estimate of drug-likeness (QED) is 0.304. The molecule has 0 saturated carbocycles. The second-order valence-corrected chi connectivity index (χ2v) is 6.65. The van der Waals surface area contributed by atoms with E-state index in [1.807, 2.05) is 43.4 Å². The topological polar surface area (TPSA) is 9.23 Å².